The third-order valence-electron chi connectivity index (χ3n) is 4.33. The number of nitrogens with one attached hydrogen (secondary N) is 2. The van der Waals surface area contributed by atoms with Crippen molar-refractivity contribution in [3.8, 4) is 0 Å². The molecule has 0 radical (unpaired) electrons. The van der Waals surface area contributed by atoms with Crippen LogP contribution in [0, 0.1) is 5.92 Å². The molecule has 1 aliphatic carbocycles. The second-order valence-electron chi connectivity index (χ2n) is 6.34. The van der Waals surface area contributed by atoms with Gasteiger partial charge in [0.05, 0.1) is 13.5 Å². The summed E-state index contributed by atoms with van der Waals surface area (Å²) in [6, 6.07) is 7.20. The second kappa shape index (κ2) is 9.17. The fraction of sp³-hybridized carbons (Fsp3) is 0.500. The Morgan fingerprint density at radius 2 is 1.92 bits per heavy atom. The maximum atomic E-state index is 12.3. The zero-order valence-corrected chi connectivity index (χ0v) is 14.4. The second-order valence-corrected chi connectivity index (χ2v) is 6.34. The van der Waals surface area contributed by atoms with Gasteiger partial charge in [0.15, 0.2) is 0 Å². The Hall–Kier alpha value is -2.41. The molecule has 1 aromatic rings. The van der Waals surface area contributed by atoms with Crippen molar-refractivity contribution in [3.63, 3.8) is 0 Å². The van der Waals surface area contributed by atoms with Gasteiger partial charge in [-0.25, -0.2) is 0 Å². The van der Waals surface area contributed by atoms with E-state index in [9.17, 15) is 14.4 Å². The van der Waals surface area contributed by atoms with Crippen LogP contribution in [-0.2, 0) is 25.5 Å². The van der Waals surface area contributed by atoms with Crippen molar-refractivity contribution in [1.82, 2.24) is 5.32 Å². The zero-order valence-electron chi connectivity index (χ0n) is 14.4. The minimum atomic E-state index is -0.492. The summed E-state index contributed by atoms with van der Waals surface area (Å²) in [6.45, 7) is -0.146. The number of benzene rings is 1. The topological polar surface area (TPSA) is 111 Å². The molecule has 7 heteroatoms. The first kappa shape index (κ1) is 18.9. The van der Waals surface area contributed by atoms with Crippen molar-refractivity contribution >= 4 is 23.5 Å². The molecule has 0 spiro atoms. The van der Waals surface area contributed by atoms with Crippen LogP contribution in [0.2, 0.25) is 0 Å². The molecule has 0 bridgehead atoms. The lowest BCUT2D eigenvalue weighted by molar-refractivity contribution is -0.141. The summed E-state index contributed by atoms with van der Waals surface area (Å²) in [6.07, 6.45) is 3.72. The molecule has 7 nitrogen and oxygen atoms in total. The molecule has 0 aromatic heterocycles. The maximum Gasteiger partial charge on any atom is 0.325 e. The van der Waals surface area contributed by atoms with Crippen molar-refractivity contribution in [3.05, 3.63) is 29.8 Å². The van der Waals surface area contributed by atoms with Crippen LogP contribution in [0.5, 0.6) is 0 Å². The molecule has 4 N–H and O–H groups in total. The van der Waals surface area contributed by atoms with E-state index in [2.05, 4.69) is 15.4 Å². The largest absolute Gasteiger partial charge is 0.468 e. The molecule has 2 rings (SSSR count). The van der Waals surface area contributed by atoms with E-state index in [0.29, 0.717) is 5.69 Å². The maximum absolute atomic E-state index is 12.3. The average Bonchev–Trinajstić information content (AvgIpc) is 2.61. The van der Waals surface area contributed by atoms with Gasteiger partial charge in [-0.2, -0.15) is 0 Å². The molecule has 1 saturated carbocycles. The van der Waals surface area contributed by atoms with Crippen molar-refractivity contribution in [2.75, 3.05) is 19.0 Å². The molecule has 2 atom stereocenters. The minimum Gasteiger partial charge on any atom is -0.468 e. The summed E-state index contributed by atoms with van der Waals surface area (Å²) >= 11 is 0. The molecule has 1 aromatic carbocycles. The summed E-state index contributed by atoms with van der Waals surface area (Å²) in [5, 5.41) is 5.38. The van der Waals surface area contributed by atoms with Crippen LogP contribution < -0.4 is 16.4 Å². The van der Waals surface area contributed by atoms with E-state index in [4.69, 9.17) is 5.73 Å². The Morgan fingerprint density at radius 3 is 2.56 bits per heavy atom. The molecule has 1 aliphatic rings. The zero-order chi connectivity index (χ0) is 18.2. The van der Waals surface area contributed by atoms with Crippen molar-refractivity contribution in [1.29, 1.82) is 0 Å². The van der Waals surface area contributed by atoms with Crippen LogP contribution in [0.4, 0.5) is 5.69 Å². The van der Waals surface area contributed by atoms with E-state index in [0.717, 1.165) is 31.2 Å². The van der Waals surface area contributed by atoms with Crippen LogP contribution in [0.1, 0.15) is 31.2 Å². The van der Waals surface area contributed by atoms with Gasteiger partial charge in [0.2, 0.25) is 11.8 Å². The highest BCUT2D eigenvalue weighted by molar-refractivity contribution is 5.92. The smallest absolute Gasteiger partial charge is 0.325 e. The van der Waals surface area contributed by atoms with Crippen LogP contribution >= 0.6 is 0 Å². The highest BCUT2D eigenvalue weighted by Crippen LogP contribution is 2.24. The number of anilines is 1. The quantitative estimate of drug-likeness (QED) is 0.664. The first-order valence-corrected chi connectivity index (χ1v) is 8.47. The third kappa shape index (κ3) is 6.19. The summed E-state index contributed by atoms with van der Waals surface area (Å²) < 4.78 is 4.46. The number of carbonyl (C=O) groups excluding carboxylic acids is 3. The van der Waals surface area contributed by atoms with Gasteiger partial charge in [0.25, 0.3) is 0 Å². The lowest BCUT2D eigenvalue weighted by Gasteiger charge is -2.25. The molecule has 1 fully saturated rings. The summed E-state index contributed by atoms with van der Waals surface area (Å²) in [5.74, 6) is -0.793. The predicted molar refractivity (Wildman–Crippen MR) is 93.7 cm³/mol. The number of hydrogen-bond acceptors (Lipinski definition) is 5. The molecule has 0 aliphatic heterocycles. The number of carbonyl (C=O) groups is 3. The van der Waals surface area contributed by atoms with Gasteiger partial charge < -0.3 is 21.1 Å². The first-order valence-electron chi connectivity index (χ1n) is 8.47. The van der Waals surface area contributed by atoms with Crippen LogP contribution in [0.3, 0.4) is 0 Å². The highest BCUT2D eigenvalue weighted by atomic mass is 16.5. The van der Waals surface area contributed by atoms with Gasteiger partial charge in [-0.05, 0) is 37.0 Å². The Morgan fingerprint density at radius 1 is 1.20 bits per heavy atom. The Labute approximate surface area is 147 Å². The summed E-state index contributed by atoms with van der Waals surface area (Å²) in [7, 11) is 1.27. The number of esters is 1. The summed E-state index contributed by atoms with van der Waals surface area (Å²) in [5.41, 5.74) is 7.42. The predicted octanol–water partition coefficient (Wildman–Crippen LogP) is 0.974. The standard InChI is InChI=1S/C18H25N3O4/c1-25-17(23)11-20-16(22)9-12-5-7-15(8-6-12)21-18(24)13-3-2-4-14(19)10-13/h5-8,13-14H,2-4,9-11,19H2,1H3,(H,20,22)(H,21,24). The third-order valence-corrected chi connectivity index (χ3v) is 4.33. The van der Waals surface area contributed by atoms with E-state index in [1.807, 2.05) is 0 Å². The molecule has 2 amide bonds. The highest BCUT2D eigenvalue weighted by Gasteiger charge is 2.25. The molecule has 136 valence electrons. The Balaban J connectivity index is 1.82. The Bertz CT molecular complexity index is 615. The van der Waals surface area contributed by atoms with Gasteiger partial charge in [-0.15, -0.1) is 0 Å². The normalized spacial score (nSPS) is 19.8. The van der Waals surface area contributed by atoms with E-state index >= 15 is 0 Å². The van der Waals surface area contributed by atoms with E-state index in [1.165, 1.54) is 7.11 Å². The number of nitrogens with two attached hydrogens (primary N) is 1. The number of amides is 2. The van der Waals surface area contributed by atoms with E-state index < -0.39 is 5.97 Å². The first-order chi connectivity index (χ1) is 12.0. The average molecular weight is 347 g/mol. The number of hydrogen-bond donors (Lipinski definition) is 3. The van der Waals surface area contributed by atoms with Crippen molar-refractivity contribution < 1.29 is 19.1 Å². The van der Waals surface area contributed by atoms with Gasteiger partial charge in [0.1, 0.15) is 6.54 Å². The molecule has 0 heterocycles. The molecular weight excluding hydrogens is 322 g/mol. The lowest BCUT2D eigenvalue weighted by atomic mass is 9.85. The van der Waals surface area contributed by atoms with E-state index in [1.54, 1.807) is 24.3 Å². The monoisotopic (exact) mass is 347 g/mol. The summed E-state index contributed by atoms with van der Waals surface area (Å²) in [4.78, 5) is 35.0. The molecule has 2 unspecified atom stereocenters. The molecular formula is C18H25N3O4. The van der Waals surface area contributed by atoms with Crippen molar-refractivity contribution in [2.45, 2.75) is 38.1 Å². The van der Waals surface area contributed by atoms with Gasteiger partial charge in [-0.1, -0.05) is 18.6 Å². The van der Waals surface area contributed by atoms with Crippen LogP contribution in [0.15, 0.2) is 24.3 Å². The fourth-order valence-electron chi connectivity index (χ4n) is 2.91. The van der Waals surface area contributed by atoms with Gasteiger partial charge in [-0.3, -0.25) is 14.4 Å². The van der Waals surface area contributed by atoms with Crippen LogP contribution in [0.25, 0.3) is 0 Å². The van der Waals surface area contributed by atoms with Crippen molar-refractivity contribution in [2.24, 2.45) is 11.7 Å². The number of ether oxygens (including phenoxy) is 1. The molecule has 0 saturated heterocycles. The van der Waals surface area contributed by atoms with Crippen LogP contribution in [-0.4, -0.2) is 37.5 Å². The number of methoxy groups -OCH3 is 1. The number of rotatable bonds is 6. The SMILES string of the molecule is COC(=O)CNC(=O)Cc1ccc(NC(=O)C2CCCC(N)C2)cc1. The minimum absolute atomic E-state index is 0.00118. The van der Waals surface area contributed by atoms with E-state index in [-0.39, 0.29) is 36.7 Å². The molecule has 25 heavy (non-hydrogen) atoms. The van der Waals surface area contributed by atoms with Gasteiger partial charge in [0, 0.05) is 17.6 Å². The Kier molecular flexibility index (Phi) is 6.94. The lowest BCUT2D eigenvalue weighted by Crippen LogP contribution is -2.34. The fourth-order valence-corrected chi connectivity index (χ4v) is 2.91. The van der Waals surface area contributed by atoms with Gasteiger partial charge >= 0.3 is 5.97 Å².